The number of H-pyrrole nitrogens is 1. The Morgan fingerprint density at radius 2 is 2.04 bits per heavy atom. The summed E-state index contributed by atoms with van der Waals surface area (Å²) in [5, 5.41) is 9.00. The molecule has 0 bridgehead atoms. The van der Waals surface area contributed by atoms with E-state index in [1.165, 1.54) is 23.2 Å². The Labute approximate surface area is 132 Å². The molecule has 1 aromatic carbocycles. The second-order valence-electron chi connectivity index (χ2n) is 5.32. The van der Waals surface area contributed by atoms with Crippen LogP contribution in [0.25, 0.3) is 0 Å². The Balaban J connectivity index is 1.84. The number of benzene rings is 1. The largest absolute Gasteiger partial charge is 0.319 e. The first-order chi connectivity index (χ1) is 11.1. The highest BCUT2D eigenvalue weighted by molar-refractivity contribution is 6.22. The van der Waals surface area contributed by atoms with Gasteiger partial charge in [0.05, 0.1) is 23.0 Å². The molecule has 1 aliphatic heterocycles. The van der Waals surface area contributed by atoms with Crippen molar-refractivity contribution >= 4 is 23.4 Å². The maximum Gasteiger partial charge on any atom is 0.261 e. The van der Waals surface area contributed by atoms with Gasteiger partial charge in [0, 0.05) is 18.3 Å². The lowest BCUT2D eigenvalue weighted by molar-refractivity contribution is 0.0652. The molecular weight excluding hydrogens is 296 g/mol. The van der Waals surface area contributed by atoms with Crippen LogP contribution in [0, 0.1) is 0 Å². The Bertz CT molecular complexity index is 768. The number of anilines is 1. The zero-order valence-electron chi connectivity index (χ0n) is 12.6. The summed E-state index contributed by atoms with van der Waals surface area (Å²) in [5.74, 6) is -0.988. The normalized spacial score (nSPS) is 13.3. The number of nitrogens with zero attached hydrogens (tertiary/aromatic N) is 2. The van der Waals surface area contributed by atoms with E-state index < -0.39 is 0 Å². The predicted molar refractivity (Wildman–Crippen MR) is 83.3 cm³/mol. The maximum atomic E-state index is 12.4. The van der Waals surface area contributed by atoms with Gasteiger partial charge in [-0.2, -0.15) is 5.10 Å². The van der Waals surface area contributed by atoms with Crippen LogP contribution in [0.1, 0.15) is 50.8 Å². The van der Waals surface area contributed by atoms with Gasteiger partial charge in [-0.3, -0.25) is 24.4 Å². The number of aromatic amines is 1. The lowest BCUT2D eigenvalue weighted by atomic mass is 10.1. The molecule has 2 heterocycles. The zero-order valence-corrected chi connectivity index (χ0v) is 12.6. The molecule has 3 amide bonds. The molecule has 3 rings (SSSR count). The van der Waals surface area contributed by atoms with Crippen molar-refractivity contribution < 1.29 is 14.4 Å². The lowest BCUT2D eigenvalue weighted by Gasteiger charge is -2.12. The van der Waals surface area contributed by atoms with Gasteiger partial charge in [0.1, 0.15) is 0 Å². The summed E-state index contributed by atoms with van der Waals surface area (Å²) in [4.78, 5) is 38.0. The van der Waals surface area contributed by atoms with Gasteiger partial charge in [0.2, 0.25) is 0 Å². The van der Waals surface area contributed by atoms with Gasteiger partial charge in [0.25, 0.3) is 17.7 Å². The van der Waals surface area contributed by atoms with Crippen molar-refractivity contribution in [1.29, 1.82) is 0 Å². The van der Waals surface area contributed by atoms with Crippen LogP contribution in [0.2, 0.25) is 0 Å². The van der Waals surface area contributed by atoms with Gasteiger partial charge < -0.3 is 5.32 Å². The third kappa shape index (κ3) is 2.73. The number of imide groups is 1. The van der Waals surface area contributed by atoms with Crippen LogP contribution in [0.15, 0.2) is 30.6 Å². The number of amides is 3. The van der Waals surface area contributed by atoms with Gasteiger partial charge in [-0.05, 0) is 24.6 Å². The molecule has 0 unspecified atom stereocenters. The average Bonchev–Trinajstić information content (AvgIpc) is 3.14. The monoisotopic (exact) mass is 312 g/mol. The van der Waals surface area contributed by atoms with Crippen molar-refractivity contribution in [3.8, 4) is 0 Å². The molecule has 0 radical (unpaired) electrons. The number of hydrogen-bond acceptors (Lipinski definition) is 4. The predicted octanol–water partition coefficient (Wildman–Crippen LogP) is 2.06. The van der Waals surface area contributed by atoms with Crippen LogP contribution in [0.3, 0.4) is 0 Å². The third-order valence-electron chi connectivity index (χ3n) is 3.72. The zero-order chi connectivity index (χ0) is 16.4. The van der Waals surface area contributed by atoms with Crippen LogP contribution in [-0.2, 0) is 0 Å². The molecule has 7 nitrogen and oxygen atoms in total. The number of aromatic nitrogens is 2. The second kappa shape index (κ2) is 6.04. The topological polar surface area (TPSA) is 95.2 Å². The molecule has 2 aromatic rings. The molecule has 0 saturated heterocycles. The molecule has 0 spiro atoms. The van der Waals surface area contributed by atoms with Gasteiger partial charge in [-0.1, -0.05) is 13.3 Å². The number of unbranched alkanes of at least 4 members (excludes halogenated alkanes) is 1. The quantitative estimate of drug-likeness (QED) is 0.826. The summed E-state index contributed by atoms with van der Waals surface area (Å²) in [6.07, 6.45) is 4.68. The number of rotatable bonds is 5. The van der Waals surface area contributed by atoms with Crippen molar-refractivity contribution in [1.82, 2.24) is 15.1 Å². The summed E-state index contributed by atoms with van der Waals surface area (Å²) < 4.78 is 0. The van der Waals surface area contributed by atoms with Crippen molar-refractivity contribution in [3.63, 3.8) is 0 Å². The number of carbonyl (C=O) groups is 3. The lowest BCUT2D eigenvalue weighted by Crippen LogP contribution is -2.30. The van der Waals surface area contributed by atoms with Crippen molar-refractivity contribution in [2.24, 2.45) is 0 Å². The fourth-order valence-electron chi connectivity index (χ4n) is 2.47. The van der Waals surface area contributed by atoms with Crippen LogP contribution in [0.4, 0.5) is 5.69 Å². The van der Waals surface area contributed by atoms with Crippen molar-refractivity contribution in [2.75, 3.05) is 11.9 Å². The molecule has 118 valence electrons. The number of carbonyl (C=O) groups excluding carboxylic acids is 3. The van der Waals surface area contributed by atoms with Crippen LogP contribution in [-0.4, -0.2) is 39.4 Å². The summed E-state index contributed by atoms with van der Waals surface area (Å²) in [6.45, 7) is 2.40. The first-order valence-electron chi connectivity index (χ1n) is 7.42. The highest BCUT2D eigenvalue weighted by Gasteiger charge is 2.35. The number of hydrogen-bond donors (Lipinski definition) is 2. The van der Waals surface area contributed by atoms with E-state index in [-0.39, 0.29) is 23.3 Å². The minimum atomic E-state index is -0.360. The highest BCUT2D eigenvalue weighted by atomic mass is 16.2. The summed E-state index contributed by atoms with van der Waals surface area (Å²) >= 11 is 0. The fraction of sp³-hybridized carbons (Fsp3) is 0.250. The Morgan fingerprint density at radius 3 is 2.74 bits per heavy atom. The van der Waals surface area contributed by atoms with E-state index in [2.05, 4.69) is 15.5 Å². The average molecular weight is 312 g/mol. The van der Waals surface area contributed by atoms with E-state index in [9.17, 15) is 14.4 Å². The van der Waals surface area contributed by atoms with Crippen molar-refractivity contribution in [3.05, 3.63) is 47.3 Å². The van der Waals surface area contributed by atoms with E-state index in [1.807, 2.05) is 6.92 Å². The molecule has 2 N–H and O–H groups in total. The first-order valence-corrected chi connectivity index (χ1v) is 7.42. The third-order valence-corrected chi connectivity index (χ3v) is 3.72. The molecule has 0 saturated carbocycles. The molecule has 7 heteroatoms. The van der Waals surface area contributed by atoms with E-state index in [0.29, 0.717) is 23.4 Å². The molecule has 0 aliphatic carbocycles. The second-order valence-corrected chi connectivity index (χ2v) is 5.32. The smallest absolute Gasteiger partial charge is 0.261 e. The van der Waals surface area contributed by atoms with E-state index in [4.69, 9.17) is 0 Å². The van der Waals surface area contributed by atoms with Gasteiger partial charge in [-0.15, -0.1) is 0 Å². The summed E-state index contributed by atoms with van der Waals surface area (Å²) in [6, 6.07) is 4.55. The molecule has 1 aliphatic rings. The Kier molecular flexibility index (Phi) is 3.92. The highest BCUT2D eigenvalue weighted by Crippen LogP contribution is 2.24. The standard InChI is InChI=1S/C16H16N4O3/c1-2-3-6-20-15(22)12-5-4-10(7-13(12)16(20)23)14(21)19-11-8-17-18-9-11/h4-5,7-9H,2-3,6H2,1H3,(H,17,18)(H,19,21). The van der Waals surface area contributed by atoms with Gasteiger partial charge in [0.15, 0.2) is 0 Å². The molecule has 0 fully saturated rings. The van der Waals surface area contributed by atoms with Crippen LogP contribution >= 0.6 is 0 Å². The van der Waals surface area contributed by atoms with Crippen LogP contribution in [0.5, 0.6) is 0 Å². The van der Waals surface area contributed by atoms with Crippen molar-refractivity contribution in [2.45, 2.75) is 19.8 Å². The maximum absolute atomic E-state index is 12.4. The molecule has 23 heavy (non-hydrogen) atoms. The Morgan fingerprint density at radius 1 is 1.26 bits per heavy atom. The van der Waals surface area contributed by atoms with E-state index >= 15 is 0 Å². The summed E-state index contributed by atoms with van der Waals surface area (Å²) in [7, 11) is 0. The molecular formula is C16H16N4O3. The summed E-state index contributed by atoms with van der Waals surface area (Å²) in [5.41, 5.74) is 1.49. The number of nitrogens with one attached hydrogen (secondary N) is 2. The van der Waals surface area contributed by atoms with E-state index in [0.717, 1.165) is 12.8 Å². The minimum absolute atomic E-state index is 0.283. The minimum Gasteiger partial charge on any atom is -0.319 e. The molecule has 0 atom stereocenters. The van der Waals surface area contributed by atoms with Crippen LogP contribution < -0.4 is 5.32 Å². The fourth-order valence-corrected chi connectivity index (χ4v) is 2.47. The van der Waals surface area contributed by atoms with E-state index in [1.54, 1.807) is 12.3 Å². The molecule has 1 aromatic heterocycles. The SMILES string of the molecule is CCCCN1C(=O)c2ccc(C(=O)Nc3cn[nH]c3)cc2C1=O. The first kappa shape index (κ1) is 15.0. The van der Waals surface area contributed by atoms with Gasteiger partial charge >= 0.3 is 0 Å². The van der Waals surface area contributed by atoms with Gasteiger partial charge in [-0.25, -0.2) is 0 Å². The Hall–Kier alpha value is -2.96. The number of fused-ring (bicyclic) bond motifs is 1.